The van der Waals surface area contributed by atoms with Crippen molar-refractivity contribution in [3.05, 3.63) is 33.8 Å². The first-order chi connectivity index (χ1) is 8.22. The number of alkyl halides is 1. The summed E-state index contributed by atoms with van der Waals surface area (Å²) in [6.45, 7) is 3.11. The van der Waals surface area contributed by atoms with Crippen molar-refractivity contribution in [3.63, 3.8) is 0 Å². The van der Waals surface area contributed by atoms with Crippen LogP contribution in [0.1, 0.15) is 11.6 Å². The van der Waals surface area contributed by atoms with E-state index in [2.05, 4.69) is 10.2 Å². The number of hydrogen-bond acceptors (Lipinski definition) is 2. The molecule has 1 N–H and O–H groups in total. The molecule has 1 atom stereocenters. The van der Waals surface area contributed by atoms with Crippen LogP contribution in [0.3, 0.4) is 0 Å². The Kier molecular flexibility index (Phi) is 9.33. The maximum absolute atomic E-state index is 13.2. The second-order valence-electron chi connectivity index (χ2n) is 4.13. The van der Waals surface area contributed by atoms with Crippen LogP contribution in [-0.2, 0) is 0 Å². The minimum Gasteiger partial charge on any atom is -0.314 e. The highest BCUT2D eigenvalue weighted by atomic mass is 35.5. The first-order valence-electron chi connectivity index (χ1n) is 5.68. The third-order valence-electron chi connectivity index (χ3n) is 3.07. The number of hydrogen-bond donors (Lipinski definition) is 1. The maximum atomic E-state index is 13.2. The SMILES string of the molecule is Cl.Cl.FC[C@@H](c1ccc(Cl)c(Cl)c1)N1CCNCC1. The molecular formula is C12H17Cl4FN2. The maximum Gasteiger partial charge on any atom is 0.109 e. The summed E-state index contributed by atoms with van der Waals surface area (Å²) in [7, 11) is 0. The molecule has 0 bridgehead atoms. The molecule has 1 saturated heterocycles. The van der Waals surface area contributed by atoms with Gasteiger partial charge in [0, 0.05) is 26.2 Å². The smallest absolute Gasteiger partial charge is 0.109 e. The first kappa shape index (κ1) is 19.2. The van der Waals surface area contributed by atoms with Gasteiger partial charge in [-0.05, 0) is 17.7 Å². The zero-order valence-corrected chi connectivity index (χ0v) is 13.4. The number of nitrogens with zero attached hydrogens (tertiary/aromatic N) is 1. The van der Waals surface area contributed by atoms with Crippen molar-refractivity contribution in [3.8, 4) is 0 Å². The zero-order valence-electron chi connectivity index (χ0n) is 10.2. The summed E-state index contributed by atoms with van der Waals surface area (Å²) in [4.78, 5) is 2.13. The average Bonchev–Trinajstić information content (AvgIpc) is 2.36. The lowest BCUT2D eigenvalue weighted by atomic mass is 10.1. The normalized spacial score (nSPS) is 17.2. The molecule has 0 amide bonds. The summed E-state index contributed by atoms with van der Waals surface area (Å²) in [5.41, 5.74) is 0.892. The van der Waals surface area contributed by atoms with Crippen LogP contribution < -0.4 is 5.32 Å². The Balaban J connectivity index is 0.00000162. The molecule has 1 aromatic rings. The van der Waals surface area contributed by atoms with Gasteiger partial charge in [0.05, 0.1) is 16.1 Å². The first-order valence-corrected chi connectivity index (χ1v) is 6.43. The Labute approximate surface area is 135 Å². The summed E-state index contributed by atoms with van der Waals surface area (Å²) in [6.07, 6.45) is 0. The van der Waals surface area contributed by atoms with Gasteiger partial charge < -0.3 is 5.32 Å². The molecule has 1 aliphatic heterocycles. The molecular weight excluding hydrogens is 333 g/mol. The van der Waals surface area contributed by atoms with Crippen LogP contribution in [0.2, 0.25) is 10.0 Å². The number of nitrogens with one attached hydrogen (secondary N) is 1. The zero-order chi connectivity index (χ0) is 12.3. The lowest BCUT2D eigenvalue weighted by Gasteiger charge is -2.33. The molecule has 1 aliphatic rings. The highest BCUT2D eigenvalue weighted by Gasteiger charge is 2.22. The third kappa shape index (κ3) is 4.92. The standard InChI is InChI=1S/C12H15Cl2FN2.2ClH/c13-10-2-1-9(7-11(10)14)12(8-15)17-5-3-16-4-6-17;;/h1-2,7,12,16H,3-6,8H2;2*1H/t12-;;/m0../s1. The Morgan fingerprint density at radius 3 is 2.32 bits per heavy atom. The molecule has 0 radical (unpaired) electrons. The molecule has 0 spiro atoms. The van der Waals surface area contributed by atoms with E-state index in [-0.39, 0.29) is 30.9 Å². The molecule has 19 heavy (non-hydrogen) atoms. The van der Waals surface area contributed by atoms with Crippen molar-refractivity contribution in [1.82, 2.24) is 10.2 Å². The Morgan fingerprint density at radius 2 is 1.79 bits per heavy atom. The largest absolute Gasteiger partial charge is 0.314 e. The number of halogens is 5. The number of rotatable bonds is 3. The summed E-state index contributed by atoms with van der Waals surface area (Å²) in [5, 5.41) is 4.25. The molecule has 0 unspecified atom stereocenters. The molecule has 0 aliphatic carbocycles. The second kappa shape index (κ2) is 9.22. The van der Waals surface area contributed by atoms with Gasteiger partial charge in [-0.15, -0.1) is 24.8 Å². The Morgan fingerprint density at radius 1 is 1.16 bits per heavy atom. The lowest BCUT2D eigenvalue weighted by Crippen LogP contribution is -2.45. The molecule has 0 saturated carbocycles. The van der Waals surface area contributed by atoms with Gasteiger partial charge in [-0.25, -0.2) is 4.39 Å². The molecule has 2 nitrogen and oxygen atoms in total. The van der Waals surface area contributed by atoms with E-state index in [9.17, 15) is 4.39 Å². The van der Waals surface area contributed by atoms with E-state index < -0.39 is 6.67 Å². The van der Waals surface area contributed by atoms with E-state index in [1.807, 2.05) is 6.07 Å². The molecule has 1 heterocycles. The monoisotopic (exact) mass is 348 g/mol. The number of piperazine rings is 1. The molecule has 1 aromatic carbocycles. The fourth-order valence-electron chi connectivity index (χ4n) is 2.11. The van der Waals surface area contributed by atoms with Crippen molar-refractivity contribution in [2.45, 2.75) is 6.04 Å². The van der Waals surface area contributed by atoms with E-state index in [4.69, 9.17) is 23.2 Å². The van der Waals surface area contributed by atoms with Crippen LogP contribution in [-0.4, -0.2) is 37.8 Å². The van der Waals surface area contributed by atoms with Gasteiger partial charge in [-0.2, -0.15) is 0 Å². The topological polar surface area (TPSA) is 15.3 Å². The number of benzene rings is 1. The van der Waals surface area contributed by atoms with Gasteiger partial charge in [-0.1, -0.05) is 29.3 Å². The third-order valence-corrected chi connectivity index (χ3v) is 3.81. The molecule has 2 rings (SSSR count). The van der Waals surface area contributed by atoms with E-state index in [0.29, 0.717) is 10.0 Å². The van der Waals surface area contributed by atoms with Crippen molar-refractivity contribution < 1.29 is 4.39 Å². The van der Waals surface area contributed by atoms with Gasteiger partial charge in [0.2, 0.25) is 0 Å². The van der Waals surface area contributed by atoms with E-state index >= 15 is 0 Å². The van der Waals surface area contributed by atoms with Crippen molar-refractivity contribution in [1.29, 1.82) is 0 Å². The van der Waals surface area contributed by atoms with Gasteiger partial charge >= 0.3 is 0 Å². The summed E-state index contributed by atoms with van der Waals surface area (Å²) in [5.74, 6) is 0. The predicted molar refractivity (Wildman–Crippen MR) is 84.1 cm³/mol. The Hall–Kier alpha value is 0.230. The van der Waals surface area contributed by atoms with E-state index in [0.717, 1.165) is 31.7 Å². The molecule has 110 valence electrons. The highest BCUT2D eigenvalue weighted by molar-refractivity contribution is 6.42. The fourth-order valence-corrected chi connectivity index (χ4v) is 2.42. The molecule has 7 heteroatoms. The van der Waals surface area contributed by atoms with Crippen LogP contribution in [0.4, 0.5) is 4.39 Å². The Bertz CT molecular complexity index is 386. The summed E-state index contributed by atoms with van der Waals surface area (Å²) in [6, 6.07) is 5.12. The van der Waals surface area contributed by atoms with Crippen molar-refractivity contribution >= 4 is 48.0 Å². The van der Waals surface area contributed by atoms with Crippen LogP contribution in [0.5, 0.6) is 0 Å². The molecule has 0 aromatic heterocycles. The van der Waals surface area contributed by atoms with E-state index in [1.54, 1.807) is 12.1 Å². The highest BCUT2D eigenvalue weighted by Crippen LogP contribution is 2.28. The van der Waals surface area contributed by atoms with Gasteiger partial charge in [0.1, 0.15) is 6.67 Å². The van der Waals surface area contributed by atoms with Crippen LogP contribution >= 0.6 is 48.0 Å². The molecule has 1 fully saturated rings. The van der Waals surface area contributed by atoms with Crippen LogP contribution in [0.25, 0.3) is 0 Å². The lowest BCUT2D eigenvalue weighted by molar-refractivity contribution is 0.147. The van der Waals surface area contributed by atoms with Gasteiger partial charge in [-0.3, -0.25) is 4.90 Å². The summed E-state index contributed by atoms with van der Waals surface area (Å²) < 4.78 is 13.2. The van der Waals surface area contributed by atoms with E-state index in [1.165, 1.54) is 0 Å². The van der Waals surface area contributed by atoms with Gasteiger partial charge in [0.15, 0.2) is 0 Å². The van der Waals surface area contributed by atoms with Crippen molar-refractivity contribution in [2.24, 2.45) is 0 Å². The van der Waals surface area contributed by atoms with Gasteiger partial charge in [0.25, 0.3) is 0 Å². The van der Waals surface area contributed by atoms with Crippen molar-refractivity contribution in [2.75, 3.05) is 32.9 Å². The fraction of sp³-hybridized carbons (Fsp3) is 0.500. The quantitative estimate of drug-likeness (QED) is 0.893. The minimum absolute atomic E-state index is 0. The predicted octanol–water partition coefficient (Wildman–Crippen LogP) is 3.75. The second-order valence-corrected chi connectivity index (χ2v) is 4.94. The van der Waals surface area contributed by atoms with Crippen LogP contribution in [0.15, 0.2) is 18.2 Å². The summed E-state index contributed by atoms with van der Waals surface area (Å²) >= 11 is 11.8. The average molecular weight is 350 g/mol. The van der Waals surface area contributed by atoms with Crippen LogP contribution in [0, 0.1) is 0 Å². The minimum atomic E-state index is -0.405.